The zero-order valence-electron chi connectivity index (χ0n) is 9.66. The number of aromatic nitrogens is 2. The van der Waals surface area contributed by atoms with Crippen LogP contribution in [-0.4, -0.2) is 9.55 Å². The molecule has 0 saturated carbocycles. The molecule has 0 atom stereocenters. The van der Waals surface area contributed by atoms with Crippen molar-refractivity contribution in [2.24, 2.45) is 0 Å². The first-order valence-corrected chi connectivity index (χ1v) is 6.44. The molecular weight excluding hydrogens is 283 g/mol. The van der Waals surface area contributed by atoms with Crippen molar-refractivity contribution in [2.75, 3.05) is 0 Å². The summed E-state index contributed by atoms with van der Waals surface area (Å²) in [6.45, 7) is 2.65. The third-order valence-electron chi connectivity index (χ3n) is 2.63. The molecule has 0 unspecified atom stereocenters. The number of imidazole rings is 1. The summed E-state index contributed by atoms with van der Waals surface area (Å²) < 4.78 is 16.5. The van der Waals surface area contributed by atoms with Gasteiger partial charge in [-0.05, 0) is 18.6 Å². The Hall–Kier alpha value is -1.16. The molecule has 2 aromatic rings. The smallest absolute Gasteiger partial charge is 0.129 e. The summed E-state index contributed by atoms with van der Waals surface area (Å²) in [4.78, 5) is 4.28. The van der Waals surface area contributed by atoms with Crippen LogP contribution in [0.5, 0.6) is 0 Å². The highest BCUT2D eigenvalue weighted by molar-refractivity contribution is 9.10. The maximum absolute atomic E-state index is 13.7. The summed E-state index contributed by atoms with van der Waals surface area (Å²) in [6, 6.07) is 5.15. The summed E-state index contributed by atoms with van der Waals surface area (Å²) in [7, 11) is 0. The number of hydrogen-bond donors (Lipinski definition) is 0. The number of halogens is 2. The molecule has 4 heteroatoms. The maximum atomic E-state index is 13.7. The molecule has 0 bridgehead atoms. The Morgan fingerprint density at radius 1 is 1.41 bits per heavy atom. The largest absolute Gasteiger partial charge is 0.330 e. The van der Waals surface area contributed by atoms with Crippen LogP contribution >= 0.6 is 15.9 Å². The number of hydrogen-bond acceptors (Lipinski definition) is 1. The van der Waals surface area contributed by atoms with E-state index in [2.05, 4.69) is 27.8 Å². The molecule has 0 amide bonds. The van der Waals surface area contributed by atoms with Gasteiger partial charge in [-0.1, -0.05) is 28.9 Å². The lowest BCUT2D eigenvalue weighted by molar-refractivity contribution is 0.592. The first-order valence-electron chi connectivity index (χ1n) is 5.64. The van der Waals surface area contributed by atoms with Crippen LogP contribution in [0.15, 0.2) is 35.1 Å². The first-order chi connectivity index (χ1) is 8.20. The van der Waals surface area contributed by atoms with Crippen molar-refractivity contribution in [1.82, 2.24) is 9.55 Å². The molecule has 2 nitrogen and oxygen atoms in total. The monoisotopic (exact) mass is 296 g/mol. The minimum atomic E-state index is -0.185. The van der Waals surface area contributed by atoms with Crippen LogP contribution in [-0.2, 0) is 13.0 Å². The van der Waals surface area contributed by atoms with Crippen molar-refractivity contribution in [2.45, 2.75) is 26.3 Å². The van der Waals surface area contributed by atoms with E-state index in [1.165, 1.54) is 6.07 Å². The standard InChI is InChI=1S/C13H14BrFN2/c1-2-3-13-16-6-7-17(13)9-10-4-5-11(14)8-12(10)15/h4-8H,2-3,9H2,1H3. The molecular formula is C13H14BrFN2. The molecule has 1 aromatic carbocycles. The minimum Gasteiger partial charge on any atom is -0.330 e. The molecule has 90 valence electrons. The first kappa shape index (κ1) is 12.3. The Bertz CT molecular complexity index is 508. The summed E-state index contributed by atoms with van der Waals surface area (Å²) in [5.74, 6) is 0.824. The third kappa shape index (κ3) is 2.94. The van der Waals surface area contributed by atoms with Crippen LogP contribution < -0.4 is 0 Å². The molecule has 0 aliphatic heterocycles. The summed E-state index contributed by atoms with van der Waals surface area (Å²) in [5, 5.41) is 0. The average molecular weight is 297 g/mol. The number of benzene rings is 1. The molecule has 0 N–H and O–H groups in total. The molecule has 0 aliphatic rings. The molecule has 0 saturated heterocycles. The quantitative estimate of drug-likeness (QED) is 0.839. The Morgan fingerprint density at radius 3 is 2.94 bits per heavy atom. The number of nitrogens with zero attached hydrogens (tertiary/aromatic N) is 2. The lowest BCUT2D eigenvalue weighted by Crippen LogP contribution is -2.05. The Morgan fingerprint density at radius 2 is 2.24 bits per heavy atom. The minimum absolute atomic E-state index is 0.185. The van der Waals surface area contributed by atoms with Gasteiger partial charge in [-0.15, -0.1) is 0 Å². The second kappa shape index (κ2) is 5.45. The molecule has 0 radical (unpaired) electrons. The normalized spacial score (nSPS) is 10.8. The van der Waals surface area contributed by atoms with Gasteiger partial charge in [0.1, 0.15) is 11.6 Å². The van der Waals surface area contributed by atoms with Crippen LogP contribution in [0.2, 0.25) is 0 Å². The van der Waals surface area contributed by atoms with E-state index in [0.29, 0.717) is 12.1 Å². The van der Waals surface area contributed by atoms with E-state index in [-0.39, 0.29) is 5.82 Å². The van der Waals surface area contributed by atoms with Gasteiger partial charge in [0, 0.05) is 28.9 Å². The molecule has 2 rings (SSSR count). The van der Waals surface area contributed by atoms with E-state index < -0.39 is 0 Å². The second-order valence-electron chi connectivity index (χ2n) is 3.96. The highest BCUT2D eigenvalue weighted by Gasteiger charge is 2.06. The fourth-order valence-electron chi connectivity index (χ4n) is 1.77. The van der Waals surface area contributed by atoms with E-state index in [9.17, 15) is 4.39 Å². The SMILES string of the molecule is CCCc1nccn1Cc1ccc(Br)cc1F. The lowest BCUT2D eigenvalue weighted by atomic mass is 10.2. The predicted octanol–water partition coefficient (Wildman–Crippen LogP) is 3.79. The van der Waals surface area contributed by atoms with Gasteiger partial charge < -0.3 is 4.57 Å². The van der Waals surface area contributed by atoms with Gasteiger partial charge in [-0.25, -0.2) is 9.37 Å². The highest BCUT2D eigenvalue weighted by atomic mass is 79.9. The van der Waals surface area contributed by atoms with Crippen molar-refractivity contribution in [3.8, 4) is 0 Å². The molecule has 0 spiro atoms. The van der Waals surface area contributed by atoms with Gasteiger partial charge >= 0.3 is 0 Å². The highest BCUT2D eigenvalue weighted by Crippen LogP contribution is 2.17. The molecule has 1 aromatic heterocycles. The second-order valence-corrected chi connectivity index (χ2v) is 4.87. The Labute approximate surface area is 109 Å². The van der Waals surface area contributed by atoms with Gasteiger partial charge in [0.05, 0.1) is 6.54 Å². The number of rotatable bonds is 4. The Balaban J connectivity index is 2.22. The topological polar surface area (TPSA) is 17.8 Å². The van der Waals surface area contributed by atoms with Crippen LogP contribution in [0.25, 0.3) is 0 Å². The summed E-state index contributed by atoms with van der Waals surface area (Å²) in [5.41, 5.74) is 0.684. The molecule has 1 heterocycles. The molecule has 0 aliphatic carbocycles. The van der Waals surface area contributed by atoms with Crippen LogP contribution in [0.3, 0.4) is 0 Å². The maximum Gasteiger partial charge on any atom is 0.129 e. The lowest BCUT2D eigenvalue weighted by Gasteiger charge is -2.08. The Kier molecular flexibility index (Phi) is 3.94. The molecule has 17 heavy (non-hydrogen) atoms. The average Bonchev–Trinajstić information content (AvgIpc) is 2.71. The van der Waals surface area contributed by atoms with E-state index in [0.717, 1.165) is 23.1 Å². The van der Waals surface area contributed by atoms with E-state index in [4.69, 9.17) is 0 Å². The predicted molar refractivity (Wildman–Crippen MR) is 69.4 cm³/mol. The van der Waals surface area contributed by atoms with Crippen molar-refractivity contribution >= 4 is 15.9 Å². The van der Waals surface area contributed by atoms with Crippen molar-refractivity contribution in [3.05, 3.63) is 52.3 Å². The van der Waals surface area contributed by atoms with Gasteiger partial charge in [0.2, 0.25) is 0 Å². The van der Waals surface area contributed by atoms with Crippen molar-refractivity contribution < 1.29 is 4.39 Å². The van der Waals surface area contributed by atoms with Crippen molar-refractivity contribution in [1.29, 1.82) is 0 Å². The van der Waals surface area contributed by atoms with Gasteiger partial charge in [0.25, 0.3) is 0 Å². The van der Waals surface area contributed by atoms with E-state index in [1.54, 1.807) is 12.3 Å². The third-order valence-corrected chi connectivity index (χ3v) is 3.12. The van der Waals surface area contributed by atoms with Gasteiger partial charge in [0.15, 0.2) is 0 Å². The van der Waals surface area contributed by atoms with E-state index >= 15 is 0 Å². The number of aryl methyl sites for hydroxylation is 1. The van der Waals surface area contributed by atoms with Gasteiger partial charge in [-0.3, -0.25) is 0 Å². The van der Waals surface area contributed by atoms with Crippen LogP contribution in [0.1, 0.15) is 24.7 Å². The van der Waals surface area contributed by atoms with Crippen LogP contribution in [0.4, 0.5) is 4.39 Å². The molecule has 0 fully saturated rings. The fourth-order valence-corrected chi connectivity index (χ4v) is 2.10. The van der Waals surface area contributed by atoms with Crippen molar-refractivity contribution in [3.63, 3.8) is 0 Å². The summed E-state index contributed by atoms with van der Waals surface area (Å²) >= 11 is 3.25. The van der Waals surface area contributed by atoms with Crippen LogP contribution in [0, 0.1) is 5.82 Å². The summed E-state index contributed by atoms with van der Waals surface area (Å²) in [6.07, 6.45) is 5.62. The zero-order chi connectivity index (χ0) is 12.3. The zero-order valence-corrected chi connectivity index (χ0v) is 11.2. The van der Waals surface area contributed by atoms with E-state index in [1.807, 2.05) is 16.8 Å². The fraction of sp³-hybridized carbons (Fsp3) is 0.308. The van der Waals surface area contributed by atoms with Gasteiger partial charge in [-0.2, -0.15) is 0 Å².